The van der Waals surface area contributed by atoms with Gasteiger partial charge in [0.15, 0.2) is 5.78 Å². The number of ketones is 1. The van der Waals surface area contributed by atoms with E-state index in [1.165, 1.54) is 0 Å². The summed E-state index contributed by atoms with van der Waals surface area (Å²) in [5.74, 6) is 0.108. The molecule has 0 saturated carbocycles. The summed E-state index contributed by atoms with van der Waals surface area (Å²) in [5, 5.41) is 3.80. The van der Waals surface area contributed by atoms with Crippen molar-refractivity contribution in [1.29, 1.82) is 0 Å². The van der Waals surface area contributed by atoms with Gasteiger partial charge in [-0.15, -0.1) is 0 Å². The van der Waals surface area contributed by atoms with Gasteiger partial charge in [0.25, 0.3) is 0 Å². The SMILES string of the molecule is O=C(c1ccsc1)c1ccccc1I. The van der Waals surface area contributed by atoms with Crippen LogP contribution in [0.1, 0.15) is 15.9 Å². The van der Waals surface area contributed by atoms with Crippen molar-refractivity contribution >= 4 is 39.7 Å². The maximum Gasteiger partial charge on any atom is 0.194 e. The molecule has 70 valence electrons. The van der Waals surface area contributed by atoms with Crippen LogP contribution in [0.4, 0.5) is 0 Å². The van der Waals surface area contributed by atoms with Gasteiger partial charge in [-0.25, -0.2) is 0 Å². The Morgan fingerprint density at radius 2 is 2.00 bits per heavy atom. The lowest BCUT2D eigenvalue weighted by molar-refractivity contribution is 0.103. The van der Waals surface area contributed by atoms with E-state index in [1.807, 2.05) is 41.1 Å². The molecule has 0 atom stereocenters. The van der Waals surface area contributed by atoms with Crippen molar-refractivity contribution in [3.63, 3.8) is 0 Å². The van der Waals surface area contributed by atoms with Gasteiger partial charge in [0.2, 0.25) is 0 Å². The second kappa shape index (κ2) is 4.23. The highest BCUT2D eigenvalue weighted by Crippen LogP contribution is 2.17. The second-order valence-electron chi connectivity index (χ2n) is 2.82. The van der Waals surface area contributed by atoms with Crippen LogP contribution in [0.25, 0.3) is 0 Å². The van der Waals surface area contributed by atoms with Crippen LogP contribution in [-0.4, -0.2) is 5.78 Å². The first-order chi connectivity index (χ1) is 6.79. The Bertz CT molecular complexity index is 448. The van der Waals surface area contributed by atoms with Crippen LogP contribution in [0, 0.1) is 3.57 Å². The summed E-state index contributed by atoms with van der Waals surface area (Å²) in [7, 11) is 0. The van der Waals surface area contributed by atoms with Gasteiger partial charge in [-0.05, 0) is 46.2 Å². The van der Waals surface area contributed by atoms with E-state index in [4.69, 9.17) is 0 Å². The van der Waals surface area contributed by atoms with Gasteiger partial charge < -0.3 is 0 Å². The molecule has 0 bridgehead atoms. The first-order valence-corrected chi connectivity index (χ1v) is 6.12. The quantitative estimate of drug-likeness (QED) is 0.612. The molecule has 14 heavy (non-hydrogen) atoms. The molecule has 0 aliphatic heterocycles. The summed E-state index contributed by atoms with van der Waals surface area (Å²) >= 11 is 3.73. The molecule has 0 unspecified atom stereocenters. The predicted molar refractivity (Wildman–Crippen MR) is 66.9 cm³/mol. The molecule has 1 nitrogen and oxygen atoms in total. The lowest BCUT2D eigenvalue weighted by Gasteiger charge is -2.00. The molecule has 1 aromatic carbocycles. The normalized spacial score (nSPS) is 10.1. The number of benzene rings is 1. The van der Waals surface area contributed by atoms with Crippen molar-refractivity contribution in [3.05, 3.63) is 55.8 Å². The van der Waals surface area contributed by atoms with Crippen LogP contribution in [0.2, 0.25) is 0 Å². The molecule has 0 amide bonds. The second-order valence-corrected chi connectivity index (χ2v) is 4.76. The van der Waals surface area contributed by atoms with E-state index in [1.54, 1.807) is 11.3 Å². The number of halogens is 1. The summed E-state index contributed by atoms with van der Waals surface area (Å²) in [6.45, 7) is 0. The van der Waals surface area contributed by atoms with Crippen LogP contribution in [0.3, 0.4) is 0 Å². The fraction of sp³-hybridized carbons (Fsp3) is 0. The van der Waals surface area contributed by atoms with E-state index < -0.39 is 0 Å². The molecule has 1 heterocycles. The number of carbonyl (C=O) groups is 1. The first kappa shape index (κ1) is 9.86. The molecule has 0 aliphatic rings. The van der Waals surface area contributed by atoms with Gasteiger partial charge in [-0.2, -0.15) is 11.3 Å². The van der Waals surface area contributed by atoms with Gasteiger partial charge in [-0.1, -0.05) is 12.1 Å². The molecule has 0 N–H and O–H groups in total. The number of rotatable bonds is 2. The van der Waals surface area contributed by atoms with Crippen molar-refractivity contribution in [2.75, 3.05) is 0 Å². The molecule has 3 heteroatoms. The molecule has 0 spiro atoms. The van der Waals surface area contributed by atoms with Crippen molar-refractivity contribution < 1.29 is 4.79 Å². The highest BCUT2D eigenvalue weighted by Gasteiger charge is 2.11. The highest BCUT2D eigenvalue weighted by molar-refractivity contribution is 14.1. The third-order valence-corrected chi connectivity index (χ3v) is 3.53. The van der Waals surface area contributed by atoms with Crippen LogP contribution < -0.4 is 0 Å². The number of hydrogen-bond acceptors (Lipinski definition) is 2. The third kappa shape index (κ3) is 1.88. The van der Waals surface area contributed by atoms with Gasteiger partial charge in [0.1, 0.15) is 0 Å². The smallest absolute Gasteiger partial charge is 0.194 e. The standard InChI is InChI=1S/C11H7IOS/c12-10-4-2-1-3-9(10)11(13)8-5-6-14-7-8/h1-7H. The molecular formula is C11H7IOS. The topological polar surface area (TPSA) is 17.1 Å². The summed E-state index contributed by atoms with van der Waals surface area (Å²) < 4.78 is 1.00. The Kier molecular flexibility index (Phi) is 2.98. The monoisotopic (exact) mass is 314 g/mol. The molecule has 0 radical (unpaired) electrons. The fourth-order valence-electron chi connectivity index (χ4n) is 1.19. The number of hydrogen-bond donors (Lipinski definition) is 0. The van der Waals surface area contributed by atoms with Gasteiger partial charge in [0, 0.05) is 20.1 Å². The van der Waals surface area contributed by atoms with E-state index in [-0.39, 0.29) is 5.78 Å². The fourth-order valence-corrected chi connectivity index (χ4v) is 2.46. The van der Waals surface area contributed by atoms with E-state index in [0.717, 1.165) is 14.7 Å². The summed E-state index contributed by atoms with van der Waals surface area (Å²) in [6.07, 6.45) is 0. The van der Waals surface area contributed by atoms with Crippen molar-refractivity contribution in [2.45, 2.75) is 0 Å². The number of thiophene rings is 1. The molecule has 1 aromatic heterocycles. The molecule has 0 saturated heterocycles. The maximum atomic E-state index is 11.9. The summed E-state index contributed by atoms with van der Waals surface area (Å²) in [5.41, 5.74) is 1.56. The van der Waals surface area contributed by atoms with E-state index in [2.05, 4.69) is 22.6 Å². The highest BCUT2D eigenvalue weighted by atomic mass is 127. The molecule has 0 aliphatic carbocycles. The minimum absolute atomic E-state index is 0.108. The zero-order valence-electron chi connectivity index (χ0n) is 7.24. The molecular weight excluding hydrogens is 307 g/mol. The predicted octanol–water partition coefficient (Wildman–Crippen LogP) is 3.58. The van der Waals surface area contributed by atoms with Crippen LogP contribution in [0.15, 0.2) is 41.1 Å². The largest absolute Gasteiger partial charge is 0.289 e. The van der Waals surface area contributed by atoms with E-state index in [9.17, 15) is 4.79 Å². The van der Waals surface area contributed by atoms with Gasteiger partial charge in [0.05, 0.1) is 0 Å². The third-order valence-electron chi connectivity index (χ3n) is 1.90. The molecule has 2 aromatic rings. The van der Waals surface area contributed by atoms with Crippen LogP contribution in [0.5, 0.6) is 0 Å². The average molecular weight is 314 g/mol. The van der Waals surface area contributed by atoms with Gasteiger partial charge >= 0.3 is 0 Å². The average Bonchev–Trinajstić information content (AvgIpc) is 2.70. The first-order valence-electron chi connectivity index (χ1n) is 4.10. The Labute approximate surface area is 99.9 Å². The Balaban J connectivity index is 2.42. The summed E-state index contributed by atoms with van der Waals surface area (Å²) in [6, 6.07) is 9.49. The van der Waals surface area contributed by atoms with E-state index >= 15 is 0 Å². The Morgan fingerprint density at radius 1 is 1.21 bits per heavy atom. The minimum atomic E-state index is 0.108. The minimum Gasteiger partial charge on any atom is -0.289 e. The lowest BCUT2D eigenvalue weighted by atomic mass is 10.1. The van der Waals surface area contributed by atoms with Crippen LogP contribution >= 0.6 is 33.9 Å². The Morgan fingerprint density at radius 3 is 2.64 bits per heavy atom. The van der Waals surface area contributed by atoms with E-state index in [0.29, 0.717) is 0 Å². The van der Waals surface area contributed by atoms with Crippen molar-refractivity contribution in [3.8, 4) is 0 Å². The number of carbonyl (C=O) groups excluding carboxylic acids is 1. The van der Waals surface area contributed by atoms with Gasteiger partial charge in [-0.3, -0.25) is 4.79 Å². The van der Waals surface area contributed by atoms with Crippen molar-refractivity contribution in [1.82, 2.24) is 0 Å². The molecule has 0 fully saturated rings. The summed E-state index contributed by atoms with van der Waals surface area (Å²) in [4.78, 5) is 11.9. The maximum absolute atomic E-state index is 11.9. The zero-order valence-corrected chi connectivity index (χ0v) is 10.2. The van der Waals surface area contributed by atoms with Crippen molar-refractivity contribution in [2.24, 2.45) is 0 Å². The zero-order chi connectivity index (χ0) is 9.97. The Hall–Kier alpha value is -0.680. The lowest BCUT2D eigenvalue weighted by Crippen LogP contribution is -2.01. The van der Waals surface area contributed by atoms with Crippen LogP contribution in [-0.2, 0) is 0 Å². The molecule has 2 rings (SSSR count).